The molecule has 1 aliphatic heterocycles. The van der Waals surface area contributed by atoms with Gasteiger partial charge in [0.05, 0.1) is 19.8 Å². The summed E-state index contributed by atoms with van der Waals surface area (Å²) in [5.41, 5.74) is 0.307. The van der Waals surface area contributed by atoms with Gasteiger partial charge in [0.25, 0.3) is 11.8 Å². The van der Waals surface area contributed by atoms with Gasteiger partial charge in [-0.2, -0.15) is 0 Å². The van der Waals surface area contributed by atoms with Crippen LogP contribution in [0.3, 0.4) is 0 Å². The Labute approximate surface area is 133 Å². The first-order valence-electron chi connectivity index (χ1n) is 6.96. The second-order valence-electron chi connectivity index (χ2n) is 4.63. The molecule has 0 aliphatic carbocycles. The lowest BCUT2D eigenvalue weighted by Crippen LogP contribution is -2.33. The van der Waals surface area contributed by atoms with Crippen molar-refractivity contribution in [2.24, 2.45) is 0 Å². The Morgan fingerprint density at radius 3 is 2.22 bits per heavy atom. The molecule has 0 aromatic rings. The molecule has 0 spiro atoms. The van der Waals surface area contributed by atoms with Gasteiger partial charge in [-0.05, 0) is 6.92 Å². The van der Waals surface area contributed by atoms with Gasteiger partial charge in [0, 0.05) is 18.4 Å². The van der Waals surface area contributed by atoms with Crippen LogP contribution in [-0.4, -0.2) is 61.9 Å². The largest absolute Gasteiger partial charge is 0.460 e. The Morgan fingerprint density at radius 2 is 1.61 bits per heavy atom. The second kappa shape index (κ2) is 9.70. The summed E-state index contributed by atoms with van der Waals surface area (Å²) in [7, 11) is 0. The molecule has 0 bridgehead atoms. The van der Waals surface area contributed by atoms with Gasteiger partial charge in [-0.25, -0.2) is 9.59 Å². The molecule has 0 aromatic carbocycles. The van der Waals surface area contributed by atoms with E-state index >= 15 is 0 Å². The van der Waals surface area contributed by atoms with Crippen molar-refractivity contribution in [3.8, 4) is 0 Å². The molecular formula is C14H19NO8. The molecule has 1 heterocycles. The molecule has 0 saturated carbocycles. The maximum atomic E-state index is 11.4. The van der Waals surface area contributed by atoms with Gasteiger partial charge in [-0.15, -0.1) is 5.06 Å². The summed E-state index contributed by atoms with van der Waals surface area (Å²) in [6, 6.07) is 0. The molecule has 128 valence electrons. The molecule has 0 radical (unpaired) electrons. The summed E-state index contributed by atoms with van der Waals surface area (Å²) < 4.78 is 14.9. The number of amides is 2. The van der Waals surface area contributed by atoms with E-state index in [1.54, 1.807) is 6.92 Å². The molecular weight excluding hydrogens is 310 g/mol. The lowest BCUT2D eigenvalue weighted by Gasteiger charge is -2.12. The monoisotopic (exact) mass is 329 g/mol. The Balaban J connectivity index is 1.99. The van der Waals surface area contributed by atoms with Crippen LogP contribution in [0.15, 0.2) is 12.2 Å². The normalized spacial score (nSPS) is 14.0. The molecule has 1 fully saturated rings. The van der Waals surface area contributed by atoms with Crippen molar-refractivity contribution in [2.45, 2.75) is 19.8 Å². The van der Waals surface area contributed by atoms with Gasteiger partial charge < -0.3 is 19.0 Å². The third-order valence-electron chi connectivity index (χ3n) is 2.60. The second-order valence-corrected chi connectivity index (χ2v) is 4.63. The standard InChI is InChI=1S/C14H19NO8/c1-10(2)14(19)22-8-7-20-5-6-21-9-13(18)23-15-11(16)3-4-12(15)17/h1,3-9H2,2H3. The van der Waals surface area contributed by atoms with E-state index in [1.807, 2.05) is 0 Å². The minimum absolute atomic E-state index is 0.0385. The maximum Gasteiger partial charge on any atom is 0.358 e. The summed E-state index contributed by atoms with van der Waals surface area (Å²) in [4.78, 5) is 49.4. The average molecular weight is 329 g/mol. The summed E-state index contributed by atoms with van der Waals surface area (Å²) in [5.74, 6) is -2.42. The van der Waals surface area contributed by atoms with Crippen LogP contribution in [0.25, 0.3) is 0 Å². The minimum Gasteiger partial charge on any atom is -0.460 e. The molecule has 0 atom stereocenters. The molecule has 2 amide bonds. The summed E-state index contributed by atoms with van der Waals surface area (Å²) >= 11 is 0. The fourth-order valence-corrected chi connectivity index (χ4v) is 1.48. The van der Waals surface area contributed by atoms with Crippen LogP contribution >= 0.6 is 0 Å². The topological polar surface area (TPSA) is 108 Å². The van der Waals surface area contributed by atoms with E-state index in [2.05, 4.69) is 11.4 Å². The van der Waals surface area contributed by atoms with Crippen LogP contribution in [0.4, 0.5) is 0 Å². The zero-order valence-corrected chi connectivity index (χ0v) is 12.9. The first kappa shape index (κ1) is 18.8. The molecule has 23 heavy (non-hydrogen) atoms. The smallest absolute Gasteiger partial charge is 0.358 e. The maximum absolute atomic E-state index is 11.4. The first-order chi connectivity index (χ1) is 10.9. The average Bonchev–Trinajstić information content (AvgIpc) is 2.81. The molecule has 1 saturated heterocycles. The molecule has 1 aliphatic rings. The van der Waals surface area contributed by atoms with Gasteiger partial charge in [0.1, 0.15) is 13.2 Å². The van der Waals surface area contributed by atoms with E-state index in [1.165, 1.54) is 0 Å². The minimum atomic E-state index is -0.844. The zero-order chi connectivity index (χ0) is 17.2. The molecule has 9 heteroatoms. The fraction of sp³-hybridized carbons (Fsp3) is 0.571. The summed E-state index contributed by atoms with van der Waals surface area (Å²) in [6.07, 6.45) is 0.0769. The SMILES string of the molecule is C=C(C)C(=O)OCCOCCOCC(=O)ON1C(=O)CCC1=O. The third-order valence-corrected chi connectivity index (χ3v) is 2.60. The number of rotatable bonds is 10. The lowest BCUT2D eigenvalue weighted by atomic mass is 10.4. The predicted molar refractivity (Wildman–Crippen MR) is 74.6 cm³/mol. The van der Waals surface area contributed by atoms with Crippen molar-refractivity contribution < 1.29 is 38.2 Å². The number of carbonyl (C=O) groups is 4. The highest BCUT2D eigenvalue weighted by molar-refractivity contribution is 6.01. The molecule has 0 N–H and O–H groups in total. The van der Waals surface area contributed by atoms with Crippen LogP contribution in [0.2, 0.25) is 0 Å². The highest BCUT2D eigenvalue weighted by atomic mass is 16.7. The Bertz CT molecular complexity index is 471. The molecule has 9 nitrogen and oxygen atoms in total. The number of esters is 1. The molecule has 0 aromatic heterocycles. The van der Waals surface area contributed by atoms with E-state index in [4.69, 9.17) is 14.2 Å². The van der Waals surface area contributed by atoms with Gasteiger partial charge >= 0.3 is 11.9 Å². The Kier molecular flexibility index (Phi) is 7.92. The van der Waals surface area contributed by atoms with Gasteiger partial charge in [-0.3, -0.25) is 9.59 Å². The van der Waals surface area contributed by atoms with Gasteiger partial charge in [-0.1, -0.05) is 6.58 Å². The number of hydroxylamine groups is 2. The van der Waals surface area contributed by atoms with Crippen molar-refractivity contribution in [3.63, 3.8) is 0 Å². The van der Waals surface area contributed by atoms with Crippen LogP contribution in [0, 0.1) is 0 Å². The number of imide groups is 1. The first-order valence-corrected chi connectivity index (χ1v) is 6.96. The highest BCUT2D eigenvalue weighted by Crippen LogP contribution is 2.11. The van der Waals surface area contributed by atoms with Crippen LogP contribution < -0.4 is 0 Å². The van der Waals surface area contributed by atoms with Crippen molar-refractivity contribution in [3.05, 3.63) is 12.2 Å². The highest BCUT2D eigenvalue weighted by Gasteiger charge is 2.32. The zero-order valence-electron chi connectivity index (χ0n) is 12.9. The third kappa shape index (κ3) is 7.02. The summed E-state index contributed by atoms with van der Waals surface area (Å²) in [6.45, 7) is 5.12. The van der Waals surface area contributed by atoms with Gasteiger partial charge in [0.15, 0.2) is 0 Å². The van der Waals surface area contributed by atoms with Crippen LogP contribution in [-0.2, 0) is 38.2 Å². The van der Waals surface area contributed by atoms with Crippen molar-refractivity contribution in [2.75, 3.05) is 33.0 Å². The predicted octanol–water partition coefficient (Wildman–Crippen LogP) is -0.254. The van der Waals surface area contributed by atoms with E-state index in [-0.39, 0.29) is 39.3 Å². The lowest BCUT2D eigenvalue weighted by molar-refractivity contribution is -0.200. The number of ether oxygens (including phenoxy) is 3. The Morgan fingerprint density at radius 1 is 1.04 bits per heavy atom. The van der Waals surface area contributed by atoms with Crippen LogP contribution in [0.5, 0.6) is 0 Å². The summed E-state index contributed by atoms with van der Waals surface area (Å²) in [5, 5.41) is 0.456. The van der Waals surface area contributed by atoms with Crippen molar-refractivity contribution in [1.82, 2.24) is 5.06 Å². The fourth-order valence-electron chi connectivity index (χ4n) is 1.48. The molecule has 1 rings (SSSR count). The van der Waals surface area contributed by atoms with E-state index in [9.17, 15) is 19.2 Å². The van der Waals surface area contributed by atoms with Crippen molar-refractivity contribution in [1.29, 1.82) is 0 Å². The van der Waals surface area contributed by atoms with E-state index < -0.39 is 30.4 Å². The molecule has 0 unspecified atom stereocenters. The Hall–Kier alpha value is -2.26. The van der Waals surface area contributed by atoms with Crippen molar-refractivity contribution >= 4 is 23.8 Å². The number of hydrogen-bond donors (Lipinski definition) is 0. The van der Waals surface area contributed by atoms with E-state index in [0.717, 1.165) is 0 Å². The van der Waals surface area contributed by atoms with Crippen LogP contribution in [0.1, 0.15) is 19.8 Å². The number of hydrogen-bond acceptors (Lipinski definition) is 8. The van der Waals surface area contributed by atoms with Gasteiger partial charge in [0.2, 0.25) is 0 Å². The quantitative estimate of drug-likeness (QED) is 0.233. The number of nitrogens with zero attached hydrogens (tertiary/aromatic N) is 1. The number of carbonyl (C=O) groups excluding carboxylic acids is 4. The van der Waals surface area contributed by atoms with E-state index in [0.29, 0.717) is 10.6 Å².